The van der Waals surface area contributed by atoms with Crippen LogP contribution in [0.2, 0.25) is 0 Å². The number of hydrogen-bond acceptors (Lipinski definition) is 4. The minimum absolute atomic E-state index is 0.116. The molecule has 4 rings (SSSR count). The summed E-state index contributed by atoms with van der Waals surface area (Å²) in [7, 11) is 0. The lowest BCUT2D eigenvalue weighted by Crippen LogP contribution is -2.24. The molecule has 28 heavy (non-hydrogen) atoms. The van der Waals surface area contributed by atoms with Gasteiger partial charge in [0.2, 0.25) is 17.6 Å². The van der Waals surface area contributed by atoms with E-state index in [1.54, 1.807) is 6.07 Å². The standard InChI is InChI=1S/C19H13F4N3O2/c20-14-2-1-3-15(9-14)26-10-12(8-16(26)27)18-24-17(25-28-18)11-4-6-13(7-5-11)19(21,22)23/h1-7,9,12H,8,10H2. The molecule has 1 atom stereocenters. The Morgan fingerprint density at radius 3 is 2.54 bits per heavy atom. The van der Waals surface area contributed by atoms with E-state index in [2.05, 4.69) is 10.1 Å². The van der Waals surface area contributed by atoms with E-state index in [0.717, 1.165) is 12.1 Å². The second-order valence-electron chi connectivity index (χ2n) is 6.42. The highest BCUT2D eigenvalue weighted by molar-refractivity contribution is 5.96. The Balaban J connectivity index is 1.53. The third kappa shape index (κ3) is 3.47. The molecular weight excluding hydrogens is 378 g/mol. The van der Waals surface area contributed by atoms with Gasteiger partial charge in [0, 0.05) is 24.2 Å². The normalized spacial score (nSPS) is 17.4. The summed E-state index contributed by atoms with van der Waals surface area (Å²) in [6, 6.07) is 10.1. The maximum absolute atomic E-state index is 13.4. The van der Waals surface area contributed by atoms with E-state index in [4.69, 9.17) is 4.52 Å². The molecule has 0 radical (unpaired) electrons. The fourth-order valence-corrected chi connectivity index (χ4v) is 3.09. The Kier molecular flexibility index (Phi) is 4.37. The molecule has 0 saturated carbocycles. The predicted molar refractivity (Wildman–Crippen MR) is 90.8 cm³/mol. The zero-order valence-corrected chi connectivity index (χ0v) is 14.3. The number of hydrogen-bond donors (Lipinski definition) is 0. The number of rotatable bonds is 3. The van der Waals surface area contributed by atoms with Crippen LogP contribution in [-0.2, 0) is 11.0 Å². The van der Waals surface area contributed by atoms with Crippen LogP contribution in [0.4, 0.5) is 23.2 Å². The molecule has 1 unspecified atom stereocenters. The summed E-state index contributed by atoms with van der Waals surface area (Å²) in [6.45, 7) is 0.247. The van der Waals surface area contributed by atoms with Gasteiger partial charge in [0.25, 0.3) is 0 Å². The van der Waals surface area contributed by atoms with Crippen molar-refractivity contribution in [2.75, 3.05) is 11.4 Å². The van der Waals surface area contributed by atoms with E-state index in [-0.39, 0.29) is 36.5 Å². The van der Waals surface area contributed by atoms with E-state index in [9.17, 15) is 22.4 Å². The molecule has 1 saturated heterocycles. The quantitative estimate of drug-likeness (QED) is 0.621. The van der Waals surface area contributed by atoms with Gasteiger partial charge < -0.3 is 9.42 Å². The highest BCUT2D eigenvalue weighted by Gasteiger charge is 2.35. The Morgan fingerprint density at radius 1 is 1.11 bits per heavy atom. The average Bonchev–Trinajstić information content (AvgIpc) is 3.28. The largest absolute Gasteiger partial charge is 0.416 e. The number of alkyl halides is 3. The maximum atomic E-state index is 13.4. The second-order valence-corrected chi connectivity index (χ2v) is 6.42. The second kappa shape index (κ2) is 6.74. The first kappa shape index (κ1) is 18.1. The summed E-state index contributed by atoms with van der Waals surface area (Å²) in [4.78, 5) is 17.9. The number of nitrogens with zero attached hydrogens (tertiary/aromatic N) is 3. The lowest BCUT2D eigenvalue weighted by Gasteiger charge is -2.15. The Morgan fingerprint density at radius 2 is 1.86 bits per heavy atom. The zero-order chi connectivity index (χ0) is 19.9. The van der Waals surface area contributed by atoms with Gasteiger partial charge in [-0.2, -0.15) is 18.2 Å². The minimum atomic E-state index is -4.43. The number of anilines is 1. The molecule has 0 N–H and O–H groups in total. The van der Waals surface area contributed by atoms with Crippen LogP contribution in [0.5, 0.6) is 0 Å². The topological polar surface area (TPSA) is 59.2 Å². The van der Waals surface area contributed by atoms with Crippen molar-refractivity contribution in [3.63, 3.8) is 0 Å². The van der Waals surface area contributed by atoms with Crippen molar-refractivity contribution < 1.29 is 26.9 Å². The molecule has 0 aliphatic carbocycles. The van der Waals surface area contributed by atoms with Crippen molar-refractivity contribution in [1.82, 2.24) is 10.1 Å². The van der Waals surface area contributed by atoms with E-state index in [0.29, 0.717) is 11.3 Å². The highest BCUT2D eigenvalue weighted by atomic mass is 19.4. The summed E-state index contributed by atoms with van der Waals surface area (Å²) in [5.74, 6) is -0.685. The SMILES string of the molecule is O=C1CC(c2nc(-c3ccc(C(F)(F)F)cc3)no2)CN1c1cccc(F)c1. The van der Waals surface area contributed by atoms with Crippen molar-refractivity contribution in [2.24, 2.45) is 0 Å². The molecule has 0 spiro atoms. The molecule has 1 aliphatic rings. The summed E-state index contributed by atoms with van der Waals surface area (Å²) in [5.41, 5.74) is 0.0383. The molecule has 3 aromatic rings. The third-order valence-corrected chi connectivity index (χ3v) is 4.51. The number of carbonyl (C=O) groups excluding carboxylic acids is 1. The Labute approximate surface area is 156 Å². The van der Waals surface area contributed by atoms with Crippen molar-refractivity contribution >= 4 is 11.6 Å². The van der Waals surface area contributed by atoms with E-state index in [1.165, 1.54) is 35.2 Å². The number of carbonyl (C=O) groups is 1. The van der Waals surface area contributed by atoms with Gasteiger partial charge in [-0.05, 0) is 30.3 Å². The molecule has 1 fully saturated rings. The third-order valence-electron chi connectivity index (χ3n) is 4.51. The number of aromatic nitrogens is 2. The average molecular weight is 391 g/mol. The van der Waals surface area contributed by atoms with Crippen LogP contribution in [-0.4, -0.2) is 22.6 Å². The van der Waals surface area contributed by atoms with Crippen molar-refractivity contribution in [3.05, 3.63) is 65.8 Å². The molecule has 1 amide bonds. The Bertz CT molecular complexity index is 1010. The fourth-order valence-electron chi connectivity index (χ4n) is 3.09. The van der Waals surface area contributed by atoms with E-state index >= 15 is 0 Å². The van der Waals surface area contributed by atoms with Crippen molar-refractivity contribution in [3.8, 4) is 11.4 Å². The first-order chi connectivity index (χ1) is 13.3. The summed E-state index contributed by atoms with van der Waals surface area (Å²) < 4.78 is 56.6. The molecule has 2 aromatic carbocycles. The van der Waals surface area contributed by atoms with Crippen LogP contribution in [0.3, 0.4) is 0 Å². The van der Waals surface area contributed by atoms with Crippen LogP contribution in [0.25, 0.3) is 11.4 Å². The van der Waals surface area contributed by atoms with Crippen LogP contribution in [0.1, 0.15) is 23.8 Å². The van der Waals surface area contributed by atoms with Crippen LogP contribution >= 0.6 is 0 Å². The molecule has 5 nitrogen and oxygen atoms in total. The molecular formula is C19H13F4N3O2. The maximum Gasteiger partial charge on any atom is 0.416 e. The molecule has 1 aliphatic heterocycles. The van der Waals surface area contributed by atoms with Gasteiger partial charge >= 0.3 is 6.18 Å². The van der Waals surface area contributed by atoms with Crippen molar-refractivity contribution in [1.29, 1.82) is 0 Å². The lowest BCUT2D eigenvalue weighted by atomic mass is 10.1. The monoisotopic (exact) mass is 391 g/mol. The fraction of sp³-hybridized carbons (Fsp3) is 0.211. The van der Waals surface area contributed by atoms with Gasteiger partial charge in [-0.3, -0.25) is 4.79 Å². The smallest absolute Gasteiger partial charge is 0.339 e. The molecule has 0 bridgehead atoms. The zero-order valence-electron chi connectivity index (χ0n) is 14.3. The minimum Gasteiger partial charge on any atom is -0.339 e. The van der Waals surface area contributed by atoms with Gasteiger partial charge in [-0.25, -0.2) is 4.39 Å². The van der Waals surface area contributed by atoms with Gasteiger partial charge in [-0.1, -0.05) is 23.4 Å². The van der Waals surface area contributed by atoms with Gasteiger partial charge in [0.05, 0.1) is 11.5 Å². The van der Waals surface area contributed by atoms with Crippen LogP contribution in [0.15, 0.2) is 53.1 Å². The van der Waals surface area contributed by atoms with Crippen LogP contribution < -0.4 is 4.90 Å². The number of benzene rings is 2. The van der Waals surface area contributed by atoms with Gasteiger partial charge in [0.1, 0.15) is 5.82 Å². The molecule has 9 heteroatoms. The van der Waals surface area contributed by atoms with E-state index < -0.39 is 17.6 Å². The van der Waals surface area contributed by atoms with Crippen LogP contribution in [0, 0.1) is 5.82 Å². The van der Waals surface area contributed by atoms with Gasteiger partial charge in [0.15, 0.2) is 0 Å². The molecule has 1 aromatic heterocycles. The first-order valence-electron chi connectivity index (χ1n) is 8.38. The summed E-state index contributed by atoms with van der Waals surface area (Å²) in [6.07, 6.45) is -4.31. The predicted octanol–water partition coefficient (Wildman–Crippen LogP) is 4.42. The first-order valence-corrected chi connectivity index (χ1v) is 8.38. The van der Waals surface area contributed by atoms with E-state index in [1.807, 2.05) is 0 Å². The highest BCUT2D eigenvalue weighted by Crippen LogP contribution is 2.33. The summed E-state index contributed by atoms with van der Waals surface area (Å²) in [5, 5.41) is 3.80. The molecule has 2 heterocycles. The number of amides is 1. The summed E-state index contributed by atoms with van der Waals surface area (Å²) >= 11 is 0. The Hall–Kier alpha value is -3.23. The van der Waals surface area contributed by atoms with Gasteiger partial charge in [-0.15, -0.1) is 0 Å². The van der Waals surface area contributed by atoms with Crippen molar-refractivity contribution in [2.45, 2.75) is 18.5 Å². The molecule has 144 valence electrons. The lowest BCUT2D eigenvalue weighted by molar-refractivity contribution is -0.137. The number of halogens is 4.